The minimum Gasteiger partial charge on any atom is -0.456 e. The molecule has 0 spiro atoms. The summed E-state index contributed by atoms with van der Waals surface area (Å²) >= 11 is 1.34. The minimum atomic E-state index is -0.543. The Labute approximate surface area is 157 Å². The molecule has 2 aliphatic rings. The molecule has 2 amide bonds. The summed E-state index contributed by atoms with van der Waals surface area (Å²) in [7, 11) is 0. The lowest BCUT2D eigenvalue weighted by Crippen LogP contribution is -2.43. The van der Waals surface area contributed by atoms with E-state index in [4.69, 9.17) is 4.74 Å². The van der Waals surface area contributed by atoms with Crippen LogP contribution in [-0.4, -0.2) is 35.7 Å². The van der Waals surface area contributed by atoms with E-state index >= 15 is 0 Å². The third-order valence-corrected chi connectivity index (χ3v) is 6.16. The molecule has 26 heavy (non-hydrogen) atoms. The van der Waals surface area contributed by atoms with Gasteiger partial charge in [0.15, 0.2) is 6.61 Å². The summed E-state index contributed by atoms with van der Waals surface area (Å²) in [6, 6.07) is 7.61. The maximum Gasteiger partial charge on any atom is 0.307 e. The Morgan fingerprint density at radius 1 is 1.27 bits per heavy atom. The van der Waals surface area contributed by atoms with Crippen LogP contribution in [0.2, 0.25) is 0 Å². The van der Waals surface area contributed by atoms with Gasteiger partial charge in [-0.05, 0) is 30.9 Å². The van der Waals surface area contributed by atoms with E-state index in [0.717, 1.165) is 29.8 Å². The number of esters is 1. The van der Waals surface area contributed by atoms with Crippen LogP contribution in [-0.2, 0) is 19.1 Å². The molecule has 2 N–H and O–H groups in total. The standard InChI is InChI=1S/C19H24N2O4S/c1-12-6-2-3-7-13(12)20-17(22)11-25-18(23)10-16-19(24)21-14-8-4-5-9-15(14)26-16/h4-5,8-9,12-13,16H,2-3,6-7,10-11H2,1H3,(H,20,22)(H,21,24)/t12-,13-,16-/m0/s1. The fourth-order valence-corrected chi connectivity index (χ4v) is 4.46. The van der Waals surface area contributed by atoms with Crippen LogP contribution in [0.15, 0.2) is 29.2 Å². The highest BCUT2D eigenvalue weighted by molar-refractivity contribution is 8.01. The molecule has 1 heterocycles. The van der Waals surface area contributed by atoms with Gasteiger partial charge in [0.2, 0.25) is 5.91 Å². The van der Waals surface area contributed by atoms with E-state index in [0.29, 0.717) is 5.92 Å². The number of anilines is 1. The van der Waals surface area contributed by atoms with Crippen LogP contribution in [0.5, 0.6) is 0 Å². The highest BCUT2D eigenvalue weighted by Gasteiger charge is 2.30. The molecule has 0 saturated heterocycles. The molecule has 6 nitrogen and oxygen atoms in total. The topological polar surface area (TPSA) is 84.5 Å². The average molecular weight is 376 g/mol. The number of amides is 2. The van der Waals surface area contributed by atoms with Crippen LogP contribution in [0.25, 0.3) is 0 Å². The lowest BCUT2D eigenvalue weighted by Gasteiger charge is -2.29. The van der Waals surface area contributed by atoms with E-state index in [1.54, 1.807) is 0 Å². The Morgan fingerprint density at radius 3 is 2.85 bits per heavy atom. The van der Waals surface area contributed by atoms with Crippen molar-refractivity contribution in [2.75, 3.05) is 11.9 Å². The molecule has 0 radical (unpaired) electrons. The lowest BCUT2D eigenvalue weighted by atomic mass is 9.86. The molecule has 1 aliphatic carbocycles. The van der Waals surface area contributed by atoms with Crippen molar-refractivity contribution in [3.05, 3.63) is 24.3 Å². The monoisotopic (exact) mass is 376 g/mol. The van der Waals surface area contributed by atoms with Gasteiger partial charge in [0, 0.05) is 10.9 Å². The van der Waals surface area contributed by atoms with Gasteiger partial charge in [0.1, 0.15) is 0 Å². The van der Waals surface area contributed by atoms with Gasteiger partial charge in [0.05, 0.1) is 17.4 Å². The summed E-state index contributed by atoms with van der Waals surface area (Å²) in [4.78, 5) is 37.1. The van der Waals surface area contributed by atoms with Crippen LogP contribution >= 0.6 is 11.8 Å². The quantitative estimate of drug-likeness (QED) is 0.772. The van der Waals surface area contributed by atoms with Crippen molar-refractivity contribution in [2.45, 2.75) is 55.2 Å². The van der Waals surface area contributed by atoms with Gasteiger partial charge in [0.25, 0.3) is 5.91 Å². The van der Waals surface area contributed by atoms with Crippen LogP contribution in [0.3, 0.4) is 0 Å². The van der Waals surface area contributed by atoms with Gasteiger partial charge in [-0.1, -0.05) is 31.9 Å². The summed E-state index contributed by atoms with van der Waals surface area (Å²) in [5.41, 5.74) is 0.757. The summed E-state index contributed by atoms with van der Waals surface area (Å²) in [5, 5.41) is 5.20. The Hall–Kier alpha value is -2.02. The zero-order valence-corrected chi connectivity index (χ0v) is 15.6. The summed E-state index contributed by atoms with van der Waals surface area (Å²) in [5.74, 6) is -0.580. The van der Waals surface area contributed by atoms with Crippen molar-refractivity contribution in [3.63, 3.8) is 0 Å². The normalized spacial score (nSPS) is 25.0. The van der Waals surface area contributed by atoms with Crippen LogP contribution in [0.4, 0.5) is 5.69 Å². The Balaban J connectivity index is 1.44. The van der Waals surface area contributed by atoms with Gasteiger partial charge in [-0.2, -0.15) is 0 Å². The highest BCUT2D eigenvalue weighted by atomic mass is 32.2. The first-order chi connectivity index (χ1) is 12.5. The molecule has 140 valence electrons. The predicted molar refractivity (Wildman–Crippen MR) is 99.9 cm³/mol. The number of hydrogen-bond donors (Lipinski definition) is 2. The fourth-order valence-electron chi connectivity index (χ4n) is 3.36. The van der Waals surface area contributed by atoms with Gasteiger partial charge in [-0.25, -0.2) is 0 Å². The first kappa shape index (κ1) is 18.8. The molecule has 7 heteroatoms. The van der Waals surface area contributed by atoms with Gasteiger partial charge < -0.3 is 15.4 Å². The van der Waals surface area contributed by atoms with E-state index < -0.39 is 11.2 Å². The van der Waals surface area contributed by atoms with Crippen LogP contribution in [0, 0.1) is 5.92 Å². The molecule has 1 saturated carbocycles. The van der Waals surface area contributed by atoms with E-state index in [-0.39, 0.29) is 30.9 Å². The molecule has 1 aromatic rings. The van der Waals surface area contributed by atoms with Crippen LogP contribution < -0.4 is 10.6 Å². The average Bonchev–Trinajstić information content (AvgIpc) is 2.62. The third-order valence-electron chi connectivity index (χ3n) is 4.88. The van der Waals surface area contributed by atoms with Crippen LogP contribution in [0.1, 0.15) is 39.0 Å². The molecule has 1 fully saturated rings. The van der Waals surface area contributed by atoms with Crippen molar-refractivity contribution in [1.29, 1.82) is 0 Å². The molecule has 1 aromatic carbocycles. The second kappa shape index (κ2) is 8.58. The maximum absolute atomic E-state index is 12.1. The number of benzene rings is 1. The van der Waals surface area contributed by atoms with E-state index in [1.807, 2.05) is 24.3 Å². The van der Waals surface area contributed by atoms with Crippen molar-refractivity contribution in [1.82, 2.24) is 5.32 Å². The first-order valence-electron chi connectivity index (χ1n) is 9.04. The molecule has 3 atom stereocenters. The Bertz CT molecular complexity index is 694. The van der Waals surface area contributed by atoms with Crippen molar-refractivity contribution >= 4 is 35.2 Å². The second-order valence-corrected chi connectivity index (χ2v) is 8.14. The third kappa shape index (κ3) is 4.78. The smallest absolute Gasteiger partial charge is 0.307 e. The van der Waals surface area contributed by atoms with Crippen molar-refractivity contribution in [2.24, 2.45) is 5.92 Å². The summed E-state index contributed by atoms with van der Waals surface area (Å²) in [6.45, 7) is 1.84. The number of thioether (sulfide) groups is 1. The minimum absolute atomic E-state index is 0.0576. The summed E-state index contributed by atoms with van der Waals surface area (Å²) < 4.78 is 5.08. The van der Waals surface area contributed by atoms with Gasteiger partial charge in [-0.15, -0.1) is 11.8 Å². The zero-order valence-electron chi connectivity index (χ0n) is 14.8. The number of ether oxygens (including phenoxy) is 1. The van der Waals surface area contributed by atoms with Gasteiger partial charge in [-0.3, -0.25) is 14.4 Å². The van der Waals surface area contributed by atoms with Crippen molar-refractivity contribution in [3.8, 4) is 0 Å². The van der Waals surface area contributed by atoms with Gasteiger partial charge >= 0.3 is 5.97 Å². The number of hydrogen-bond acceptors (Lipinski definition) is 5. The number of carbonyl (C=O) groups is 3. The first-order valence-corrected chi connectivity index (χ1v) is 9.92. The number of rotatable bonds is 5. The number of para-hydroxylation sites is 1. The largest absolute Gasteiger partial charge is 0.456 e. The maximum atomic E-state index is 12.1. The molecular formula is C19H24N2O4S. The SMILES string of the molecule is C[C@H]1CCCC[C@@H]1NC(=O)COC(=O)C[C@@H]1Sc2ccccc2NC1=O. The second-order valence-electron chi connectivity index (χ2n) is 6.89. The number of fused-ring (bicyclic) bond motifs is 1. The molecule has 0 unspecified atom stereocenters. The molecule has 1 aliphatic heterocycles. The number of carbonyl (C=O) groups excluding carboxylic acids is 3. The van der Waals surface area contributed by atoms with Crippen molar-refractivity contribution < 1.29 is 19.1 Å². The van der Waals surface area contributed by atoms with E-state index in [2.05, 4.69) is 17.6 Å². The molecular weight excluding hydrogens is 352 g/mol. The van der Waals surface area contributed by atoms with E-state index in [1.165, 1.54) is 18.2 Å². The summed E-state index contributed by atoms with van der Waals surface area (Å²) in [6.07, 6.45) is 4.34. The predicted octanol–water partition coefficient (Wildman–Crippen LogP) is 2.73. The Kier molecular flexibility index (Phi) is 6.19. The zero-order chi connectivity index (χ0) is 18.5. The highest BCUT2D eigenvalue weighted by Crippen LogP contribution is 2.36. The molecule has 0 bridgehead atoms. The van der Waals surface area contributed by atoms with E-state index in [9.17, 15) is 14.4 Å². The Morgan fingerprint density at radius 2 is 2.04 bits per heavy atom. The molecule has 0 aromatic heterocycles. The lowest BCUT2D eigenvalue weighted by molar-refractivity contribution is -0.149. The molecule has 3 rings (SSSR count). The fraction of sp³-hybridized carbons (Fsp3) is 0.526. The number of nitrogens with one attached hydrogen (secondary N) is 2.